The van der Waals surface area contributed by atoms with Gasteiger partial charge in [0, 0.05) is 4.86 Å². The summed E-state index contributed by atoms with van der Waals surface area (Å²) in [6, 6.07) is 8.72. The highest BCUT2D eigenvalue weighted by atomic mass is 32.2. The molecule has 0 aliphatic heterocycles. The molecule has 0 saturated carbocycles. The van der Waals surface area contributed by atoms with Crippen molar-refractivity contribution in [2.75, 3.05) is 5.75 Å². The third kappa shape index (κ3) is 3.63. The SMILES string of the molecule is O=S(=O)(O)CC(=S)c1ccccc1. The number of hydrogen-bond acceptors (Lipinski definition) is 3. The first-order valence-electron chi connectivity index (χ1n) is 3.52. The normalized spacial score (nSPS) is 11.2. The molecule has 0 aliphatic carbocycles. The Labute approximate surface area is 82.1 Å². The van der Waals surface area contributed by atoms with Crippen LogP contribution in [0.1, 0.15) is 5.56 Å². The highest BCUT2D eigenvalue weighted by Crippen LogP contribution is 2.02. The van der Waals surface area contributed by atoms with E-state index in [1.165, 1.54) is 0 Å². The molecule has 0 saturated heterocycles. The van der Waals surface area contributed by atoms with E-state index in [4.69, 9.17) is 16.8 Å². The zero-order chi connectivity index (χ0) is 9.90. The van der Waals surface area contributed by atoms with Crippen molar-refractivity contribution in [3.63, 3.8) is 0 Å². The minimum absolute atomic E-state index is 0.225. The molecule has 70 valence electrons. The van der Waals surface area contributed by atoms with E-state index in [0.717, 1.165) is 0 Å². The number of benzene rings is 1. The fourth-order valence-electron chi connectivity index (χ4n) is 0.873. The van der Waals surface area contributed by atoms with Crippen molar-refractivity contribution in [3.8, 4) is 0 Å². The zero-order valence-corrected chi connectivity index (χ0v) is 8.31. The third-order valence-corrected chi connectivity index (χ3v) is 2.63. The van der Waals surface area contributed by atoms with Crippen LogP contribution in [0.25, 0.3) is 0 Å². The monoisotopic (exact) mass is 216 g/mol. The maximum atomic E-state index is 10.5. The van der Waals surface area contributed by atoms with Crippen molar-refractivity contribution in [2.45, 2.75) is 0 Å². The molecule has 3 nitrogen and oxygen atoms in total. The molecule has 1 N–H and O–H groups in total. The second kappa shape index (κ2) is 3.95. The van der Waals surface area contributed by atoms with Crippen molar-refractivity contribution >= 4 is 27.2 Å². The van der Waals surface area contributed by atoms with Crippen LogP contribution >= 0.6 is 12.2 Å². The highest BCUT2D eigenvalue weighted by molar-refractivity contribution is 7.89. The minimum atomic E-state index is -4.01. The van der Waals surface area contributed by atoms with Crippen LogP contribution in [0.2, 0.25) is 0 Å². The van der Waals surface area contributed by atoms with E-state index in [1.54, 1.807) is 30.3 Å². The average molecular weight is 216 g/mol. The van der Waals surface area contributed by atoms with E-state index in [0.29, 0.717) is 5.56 Å². The van der Waals surface area contributed by atoms with E-state index in [1.807, 2.05) is 0 Å². The zero-order valence-electron chi connectivity index (χ0n) is 6.67. The summed E-state index contributed by atoms with van der Waals surface area (Å²) in [6.07, 6.45) is 0. The molecular weight excluding hydrogens is 208 g/mol. The van der Waals surface area contributed by atoms with Crippen molar-refractivity contribution in [1.29, 1.82) is 0 Å². The molecule has 1 aromatic carbocycles. The van der Waals surface area contributed by atoms with Crippen molar-refractivity contribution in [2.24, 2.45) is 0 Å². The maximum absolute atomic E-state index is 10.5. The first kappa shape index (κ1) is 10.3. The lowest BCUT2D eigenvalue weighted by atomic mass is 10.2. The first-order chi connectivity index (χ1) is 5.99. The molecule has 5 heteroatoms. The Morgan fingerprint density at radius 2 is 1.85 bits per heavy atom. The lowest BCUT2D eigenvalue weighted by Crippen LogP contribution is -2.13. The van der Waals surface area contributed by atoms with Gasteiger partial charge in [-0.1, -0.05) is 42.5 Å². The van der Waals surface area contributed by atoms with Crippen molar-refractivity contribution in [3.05, 3.63) is 35.9 Å². The van der Waals surface area contributed by atoms with Gasteiger partial charge in [0.1, 0.15) is 5.75 Å². The minimum Gasteiger partial charge on any atom is -0.285 e. The summed E-state index contributed by atoms with van der Waals surface area (Å²) in [6.45, 7) is 0. The quantitative estimate of drug-likeness (QED) is 0.470. The van der Waals surface area contributed by atoms with E-state index in [-0.39, 0.29) is 4.86 Å². The first-order valence-corrected chi connectivity index (χ1v) is 5.54. The molecule has 0 radical (unpaired) electrons. The fraction of sp³-hybridized carbons (Fsp3) is 0.125. The molecule has 0 spiro atoms. The summed E-state index contributed by atoms with van der Waals surface area (Å²) in [5.74, 6) is -0.494. The Morgan fingerprint density at radius 3 is 2.31 bits per heavy atom. The predicted molar refractivity (Wildman–Crippen MR) is 54.6 cm³/mol. The molecule has 1 aromatic rings. The molecular formula is C8H8O3S2. The van der Waals surface area contributed by atoms with Gasteiger partial charge in [-0.3, -0.25) is 4.55 Å². The topological polar surface area (TPSA) is 54.4 Å². The van der Waals surface area contributed by atoms with Crippen LogP contribution in [-0.4, -0.2) is 23.6 Å². The Balaban J connectivity index is 2.82. The van der Waals surface area contributed by atoms with Crippen LogP contribution < -0.4 is 0 Å². The van der Waals surface area contributed by atoms with E-state index < -0.39 is 15.9 Å². The van der Waals surface area contributed by atoms with E-state index in [2.05, 4.69) is 0 Å². The second-order valence-corrected chi connectivity index (χ2v) is 4.46. The molecule has 13 heavy (non-hydrogen) atoms. The van der Waals surface area contributed by atoms with Crippen LogP contribution in [-0.2, 0) is 10.1 Å². The molecule has 0 aliphatic rings. The van der Waals surface area contributed by atoms with Gasteiger partial charge in [-0.25, -0.2) is 0 Å². The van der Waals surface area contributed by atoms with Crippen molar-refractivity contribution < 1.29 is 13.0 Å². The molecule has 0 fully saturated rings. The molecule has 0 amide bonds. The number of hydrogen-bond donors (Lipinski definition) is 1. The third-order valence-electron chi connectivity index (χ3n) is 1.41. The summed E-state index contributed by atoms with van der Waals surface area (Å²) < 4.78 is 29.5. The smallest absolute Gasteiger partial charge is 0.269 e. The number of rotatable bonds is 3. The molecule has 0 bridgehead atoms. The Bertz CT molecular complexity index is 395. The van der Waals surface area contributed by atoms with Gasteiger partial charge in [-0.15, -0.1) is 0 Å². The van der Waals surface area contributed by atoms with Crippen LogP contribution in [0.5, 0.6) is 0 Å². The van der Waals surface area contributed by atoms with Gasteiger partial charge in [0.2, 0.25) is 0 Å². The van der Waals surface area contributed by atoms with Gasteiger partial charge in [0.15, 0.2) is 0 Å². The lowest BCUT2D eigenvalue weighted by Gasteiger charge is -2.00. The Kier molecular flexibility index (Phi) is 3.13. The second-order valence-electron chi connectivity index (χ2n) is 2.52. The standard InChI is InChI=1S/C8H8O3S2/c9-13(10,11)6-8(12)7-4-2-1-3-5-7/h1-5H,6H2,(H,9,10,11). The summed E-state index contributed by atoms with van der Waals surface area (Å²) in [5.41, 5.74) is 0.648. The number of thiocarbonyl (C=S) groups is 1. The largest absolute Gasteiger partial charge is 0.285 e. The average Bonchev–Trinajstić information content (AvgIpc) is 2.03. The van der Waals surface area contributed by atoms with E-state index >= 15 is 0 Å². The van der Waals surface area contributed by atoms with Gasteiger partial charge in [0.05, 0.1) is 0 Å². The summed E-state index contributed by atoms with van der Waals surface area (Å²) >= 11 is 4.83. The van der Waals surface area contributed by atoms with Gasteiger partial charge in [-0.2, -0.15) is 8.42 Å². The maximum Gasteiger partial charge on any atom is 0.269 e. The van der Waals surface area contributed by atoms with Gasteiger partial charge in [0.25, 0.3) is 10.1 Å². The fourth-order valence-corrected chi connectivity index (χ4v) is 1.95. The molecule has 0 aromatic heterocycles. The predicted octanol–water partition coefficient (Wildman–Crippen LogP) is 1.29. The summed E-state index contributed by atoms with van der Waals surface area (Å²) in [4.78, 5) is 0.225. The Hall–Kier alpha value is -0.780. The van der Waals surface area contributed by atoms with Crippen LogP contribution in [0.15, 0.2) is 30.3 Å². The van der Waals surface area contributed by atoms with Gasteiger partial charge < -0.3 is 0 Å². The van der Waals surface area contributed by atoms with E-state index in [9.17, 15) is 8.42 Å². The molecule has 0 atom stereocenters. The molecule has 0 unspecified atom stereocenters. The Morgan fingerprint density at radius 1 is 1.31 bits per heavy atom. The van der Waals surface area contributed by atoms with Gasteiger partial charge >= 0.3 is 0 Å². The van der Waals surface area contributed by atoms with Crippen molar-refractivity contribution in [1.82, 2.24) is 0 Å². The lowest BCUT2D eigenvalue weighted by molar-refractivity contribution is 0.488. The van der Waals surface area contributed by atoms with Crippen LogP contribution in [0.4, 0.5) is 0 Å². The van der Waals surface area contributed by atoms with Gasteiger partial charge in [-0.05, 0) is 5.56 Å². The molecule has 1 rings (SSSR count). The van der Waals surface area contributed by atoms with Crippen LogP contribution in [0.3, 0.4) is 0 Å². The summed E-state index contributed by atoms with van der Waals surface area (Å²) in [5, 5.41) is 0. The highest BCUT2D eigenvalue weighted by Gasteiger charge is 2.10. The summed E-state index contributed by atoms with van der Waals surface area (Å²) in [7, 11) is -4.01. The van der Waals surface area contributed by atoms with Crippen LogP contribution in [0, 0.1) is 0 Å². The molecule has 0 heterocycles.